The van der Waals surface area contributed by atoms with Crippen molar-refractivity contribution in [1.82, 2.24) is 9.97 Å². The zero-order valence-corrected chi connectivity index (χ0v) is 10.3. The van der Waals surface area contributed by atoms with Crippen molar-refractivity contribution in [2.75, 3.05) is 11.1 Å². The van der Waals surface area contributed by atoms with E-state index < -0.39 is 0 Å². The fraction of sp³-hybridized carbons (Fsp3) is 0.0909. The number of anilines is 3. The highest BCUT2D eigenvalue weighted by atomic mass is 79.9. The lowest BCUT2D eigenvalue weighted by molar-refractivity contribution is 1.20. The summed E-state index contributed by atoms with van der Waals surface area (Å²) in [4.78, 5) is 8.10. The average Bonchev–Trinajstić information content (AvgIpc) is 2.25. The van der Waals surface area contributed by atoms with Crippen LogP contribution in [0.25, 0.3) is 0 Å². The molecule has 0 amide bonds. The molecule has 0 unspecified atom stereocenters. The van der Waals surface area contributed by atoms with Crippen molar-refractivity contribution in [2.24, 2.45) is 0 Å². The Hall–Kier alpha value is -1.62. The van der Waals surface area contributed by atoms with Crippen LogP contribution in [0.5, 0.6) is 0 Å². The van der Waals surface area contributed by atoms with E-state index in [0.29, 0.717) is 11.6 Å². The van der Waals surface area contributed by atoms with E-state index in [1.54, 1.807) is 6.20 Å². The van der Waals surface area contributed by atoms with E-state index in [1.807, 2.05) is 25.1 Å². The van der Waals surface area contributed by atoms with E-state index in [0.717, 1.165) is 15.7 Å². The first-order valence-electron chi connectivity index (χ1n) is 4.76. The molecule has 0 fully saturated rings. The first-order chi connectivity index (χ1) is 7.66. The Bertz CT molecular complexity index is 513. The summed E-state index contributed by atoms with van der Waals surface area (Å²) in [6.07, 6.45) is 3.15. The van der Waals surface area contributed by atoms with Gasteiger partial charge in [0.1, 0.15) is 5.82 Å². The summed E-state index contributed by atoms with van der Waals surface area (Å²) in [6.45, 7) is 2.02. The van der Waals surface area contributed by atoms with Crippen LogP contribution in [0.3, 0.4) is 0 Å². The fourth-order valence-electron chi connectivity index (χ4n) is 1.32. The summed E-state index contributed by atoms with van der Waals surface area (Å²) in [5.41, 5.74) is 7.66. The second-order valence-electron chi connectivity index (χ2n) is 3.37. The molecule has 0 spiro atoms. The van der Waals surface area contributed by atoms with Gasteiger partial charge in [-0.15, -0.1) is 0 Å². The maximum absolute atomic E-state index is 5.56. The van der Waals surface area contributed by atoms with Gasteiger partial charge in [0.2, 0.25) is 0 Å². The van der Waals surface area contributed by atoms with Crippen LogP contribution in [0.15, 0.2) is 35.1 Å². The summed E-state index contributed by atoms with van der Waals surface area (Å²) in [5.74, 6) is 1.04. The van der Waals surface area contributed by atoms with E-state index in [9.17, 15) is 0 Å². The molecule has 0 aliphatic heterocycles. The van der Waals surface area contributed by atoms with Gasteiger partial charge in [-0.1, -0.05) is 22.0 Å². The zero-order valence-electron chi connectivity index (χ0n) is 8.74. The maximum Gasteiger partial charge on any atom is 0.151 e. The van der Waals surface area contributed by atoms with Crippen molar-refractivity contribution in [2.45, 2.75) is 6.92 Å². The second-order valence-corrected chi connectivity index (χ2v) is 4.22. The number of nitrogens with zero attached hydrogens (tertiary/aromatic N) is 2. The fourth-order valence-corrected chi connectivity index (χ4v) is 1.69. The Morgan fingerprint density at radius 3 is 2.88 bits per heavy atom. The number of benzene rings is 1. The van der Waals surface area contributed by atoms with Crippen LogP contribution in [0.2, 0.25) is 0 Å². The number of aromatic nitrogens is 2. The van der Waals surface area contributed by atoms with Gasteiger partial charge in [-0.25, -0.2) is 4.98 Å². The summed E-state index contributed by atoms with van der Waals surface area (Å²) < 4.78 is 1.05. The normalized spacial score (nSPS) is 10.1. The van der Waals surface area contributed by atoms with Crippen molar-refractivity contribution in [3.05, 3.63) is 40.6 Å². The van der Waals surface area contributed by atoms with Gasteiger partial charge in [-0.2, -0.15) is 0 Å². The molecule has 4 nitrogen and oxygen atoms in total. The molecule has 0 radical (unpaired) electrons. The van der Waals surface area contributed by atoms with E-state index >= 15 is 0 Å². The van der Waals surface area contributed by atoms with E-state index in [2.05, 4.69) is 31.2 Å². The van der Waals surface area contributed by atoms with Crippen molar-refractivity contribution in [3.8, 4) is 0 Å². The third-order valence-electron chi connectivity index (χ3n) is 2.18. The number of nitrogen functional groups attached to an aromatic ring is 1. The van der Waals surface area contributed by atoms with Gasteiger partial charge in [-0.05, 0) is 24.6 Å². The van der Waals surface area contributed by atoms with Gasteiger partial charge in [0.05, 0.1) is 12.4 Å². The Morgan fingerprint density at radius 2 is 2.12 bits per heavy atom. The zero-order chi connectivity index (χ0) is 11.5. The minimum atomic E-state index is 0.401. The van der Waals surface area contributed by atoms with Crippen LogP contribution >= 0.6 is 15.9 Å². The first kappa shape index (κ1) is 10.9. The summed E-state index contributed by atoms with van der Waals surface area (Å²) >= 11 is 3.47. The molecule has 0 aliphatic rings. The molecule has 1 heterocycles. The van der Waals surface area contributed by atoms with E-state index in [1.165, 1.54) is 6.20 Å². The Labute approximate surface area is 102 Å². The van der Waals surface area contributed by atoms with Gasteiger partial charge in [0.25, 0.3) is 0 Å². The molecule has 3 N–H and O–H groups in total. The highest BCUT2D eigenvalue weighted by Crippen LogP contribution is 2.25. The summed E-state index contributed by atoms with van der Waals surface area (Å²) in [7, 11) is 0. The smallest absolute Gasteiger partial charge is 0.151 e. The standard InChI is InChI=1S/C11H11BrN4/c1-7-8(12)3-2-4-9(7)15-11-6-14-5-10(13)16-11/h2-6H,1H3,(H3,13,15,16). The number of hydrogen-bond donors (Lipinski definition) is 2. The number of hydrogen-bond acceptors (Lipinski definition) is 4. The third-order valence-corrected chi connectivity index (χ3v) is 3.04. The first-order valence-corrected chi connectivity index (χ1v) is 5.56. The Morgan fingerprint density at radius 1 is 1.31 bits per heavy atom. The molecular weight excluding hydrogens is 268 g/mol. The summed E-state index contributed by atoms with van der Waals surface area (Å²) in [6, 6.07) is 5.93. The minimum absolute atomic E-state index is 0.401. The molecule has 0 aliphatic carbocycles. The molecule has 0 saturated carbocycles. The predicted molar refractivity (Wildman–Crippen MR) is 68.6 cm³/mol. The van der Waals surface area contributed by atoms with Gasteiger partial charge in [-0.3, -0.25) is 4.98 Å². The minimum Gasteiger partial charge on any atom is -0.382 e. The van der Waals surface area contributed by atoms with E-state index in [-0.39, 0.29) is 0 Å². The maximum atomic E-state index is 5.56. The molecule has 16 heavy (non-hydrogen) atoms. The highest BCUT2D eigenvalue weighted by molar-refractivity contribution is 9.10. The predicted octanol–water partition coefficient (Wildman–Crippen LogP) is 2.87. The molecule has 1 aromatic carbocycles. The number of nitrogens with two attached hydrogens (primary N) is 1. The average molecular weight is 279 g/mol. The number of rotatable bonds is 2. The molecule has 0 saturated heterocycles. The van der Waals surface area contributed by atoms with Crippen molar-refractivity contribution in [1.29, 1.82) is 0 Å². The number of halogens is 1. The molecule has 82 valence electrons. The molecule has 5 heteroatoms. The Kier molecular flexibility index (Phi) is 3.05. The van der Waals surface area contributed by atoms with Crippen molar-refractivity contribution < 1.29 is 0 Å². The van der Waals surface area contributed by atoms with E-state index in [4.69, 9.17) is 5.73 Å². The van der Waals surface area contributed by atoms with Crippen LogP contribution < -0.4 is 11.1 Å². The van der Waals surface area contributed by atoms with Crippen molar-refractivity contribution in [3.63, 3.8) is 0 Å². The SMILES string of the molecule is Cc1c(Br)cccc1Nc1cncc(N)n1. The van der Waals surface area contributed by atoms with Crippen LogP contribution in [-0.2, 0) is 0 Å². The lowest BCUT2D eigenvalue weighted by Gasteiger charge is -2.09. The Balaban J connectivity index is 2.31. The summed E-state index contributed by atoms with van der Waals surface area (Å²) in [5, 5.41) is 3.17. The largest absolute Gasteiger partial charge is 0.382 e. The van der Waals surface area contributed by atoms with Crippen LogP contribution in [0, 0.1) is 6.92 Å². The van der Waals surface area contributed by atoms with Gasteiger partial charge < -0.3 is 11.1 Å². The highest BCUT2D eigenvalue weighted by Gasteiger charge is 2.03. The monoisotopic (exact) mass is 278 g/mol. The second kappa shape index (κ2) is 4.49. The quantitative estimate of drug-likeness (QED) is 0.887. The lowest BCUT2D eigenvalue weighted by Crippen LogP contribution is -1.99. The molecular formula is C11H11BrN4. The molecule has 2 aromatic rings. The van der Waals surface area contributed by atoms with Gasteiger partial charge in [0, 0.05) is 10.2 Å². The van der Waals surface area contributed by atoms with Gasteiger partial charge in [0.15, 0.2) is 5.82 Å². The van der Waals surface area contributed by atoms with Crippen LogP contribution in [0.1, 0.15) is 5.56 Å². The molecule has 0 atom stereocenters. The third kappa shape index (κ3) is 2.30. The van der Waals surface area contributed by atoms with Crippen molar-refractivity contribution >= 4 is 33.3 Å². The van der Waals surface area contributed by atoms with Crippen LogP contribution in [-0.4, -0.2) is 9.97 Å². The lowest BCUT2D eigenvalue weighted by atomic mass is 10.2. The molecule has 1 aromatic heterocycles. The number of nitrogens with one attached hydrogen (secondary N) is 1. The topological polar surface area (TPSA) is 63.8 Å². The molecule has 0 bridgehead atoms. The van der Waals surface area contributed by atoms with Crippen LogP contribution in [0.4, 0.5) is 17.3 Å². The van der Waals surface area contributed by atoms with Gasteiger partial charge >= 0.3 is 0 Å². The molecule has 2 rings (SSSR count).